The lowest BCUT2D eigenvalue weighted by Crippen LogP contribution is -2.35. The van der Waals surface area contributed by atoms with Gasteiger partial charge in [0, 0.05) is 16.5 Å². The van der Waals surface area contributed by atoms with Gasteiger partial charge in [-0.2, -0.15) is 0 Å². The molecule has 0 spiro atoms. The molecule has 0 fully saturated rings. The van der Waals surface area contributed by atoms with E-state index >= 15 is 0 Å². The summed E-state index contributed by atoms with van der Waals surface area (Å²) in [4.78, 5) is 12.4. The molecule has 9 nitrogen and oxygen atoms in total. The predicted octanol–water partition coefficient (Wildman–Crippen LogP) is 4.67. The number of alkyl carbamates (subject to hydrolysis) is 1. The van der Waals surface area contributed by atoms with E-state index in [2.05, 4.69) is 5.32 Å². The van der Waals surface area contributed by atoms with Gasteiger partial charge >= 0.3 is 6.09 Å². The fraction of sp³-hybridized carbons (Fsp3) is 0.276. The molecule has 3 N–H and O–H groups in total. The monoisotopic (exact) mass is 568 g/mol. The number of carbonyl (C=O) groups is 1. The van der Waals surface area contributed by atoms with E-state index in [1.54, 1.807) is 57.2 Å². The molecule has 210 valence electrons. The number of benzene rings is 3. The molecule has 4 aromatic rings. The van der Waals surface area contributed by atoms with Crippen molar-refractivity contribution in [3.05, 3.63) is 83.7 Å². The third-order valence-electron chi connectivity index (χ3n) is 6.44. The average Bonchev–Trinajstić information content (AvgIpc) is 3.49. The first-order valence-electron chi connectivity index (χ1n) is 12.6. The summed E-state index contributed by atoms with van der Waals surface area (Å²) in [5.74, 6) is -0.328. The number of aromatic nitrogens is 1. The number of amides is 1. The number of aliphatic hydroxyl groups is 2. The topological polar surface area (TPSA) is 127 Å². The molecule has 3 aromatic carbocycles. The molecule has 40 heavy (non-hydrogen) atoms. The molecule has 1 amide bonds. The second kappa shape index (κ2) is 10.2. The minimum atomic E-state index is -4.19. The highest BCUT2D eigenvalue weighted by molar-refractivity contribution is 7.90. The summed E-state index contributed by atoms with van der Waals surface area (Å²) in [5.41, 5.74) is 0.619. The lowest BCUT2D eigenvalue weighted by atomic mass is 10.0. The molecule has 2 heterocycles. The van der Waals surface area contributed by atoms with Crippen LogP contribution in [0, 0.1) is 5.82 Å². The summed E-state index contributed by atoms with van der Waals surface area (Å²) in [5, 5.41) is 22.8. The first-order valence-corrected chi connectivity index (χ1v) is 14.0. The van der Waals surface area contributed by atoms with Crippen LogP contribution in [0.5, 0.6) is 5.75 Å². The second-order valence-corrected chi connectivity index (χ2v) is 12.3. The van der Waals surface area contributed by atoms with Crippen molar-refractivity contribution in [2.24, 2.45) is 0 Å². The fourth-order valence-electron chi connectivity index (χ4n) is 4.72. The highest BCUT2D eigenvalue weighted by Crippen LogP contribution is 2.43. The SMILES string of the molecule is CC(C)(C)OC(=O)NC1COc2c1ccc1c2cc(-c2cc(F)cc([C@@H](O)CO)c2)n1S(=O)(=O)c1ccccc1. The van der Waals surface area contributed by atoms with Gasteiger partial charge in [-0.25, -0.2) is 21.6 Å². The second-order valence-electron chi connectivity index (χ2n) is 10.5. The van der Waals surface area contributed by atoms with Gasteiger partial charge in [0.05, 0.1) is 28.8 Å². The Morgan fingerprint density at radius 1 is 1.15 bits per heavy atom. The molecular formula is C29H29FN2O7S. The standard InChI is InChI=1S/C29H29FN2O7S/c1-29(2,3)39-28(35)31-23-16-38-27-21(23)9-10-24-22(27)14-25(17-11-18(26(34)15-33)13-19(30)12-17)32(24)40(36,37)20-7-5-4-6-8-20/h4-14,23,26,33-34H,15-16H2,1-3H3,(H,31,35)/t23?,26-/m0/s1. The van der Waals surface area contributed by atoms with Gasteiger partial charge in [-0.1, -0.05) is 24.3 Å². The van der Waals surface area contributed by atoms with Crippen LogP contribution in [0.2, 0.25) is 0 Å². The van der Waals surface area contributed by atoms with Crippen molar-refractivity contribution >= 4 is 27.0 Å². The van der Waals surface area contributed by atoms with Crippen molar-refractivity contribution in [1.82, 2.24) is 9.29 Å². The predicted molar refractivity (Wildman–Crippen MR) is 146 cm³/mol. The van der Waals surface area contributed by atoms with Crippen molar-refractivity contribution in [2.45, 2.75) is 43.4 Å². The van der Waals surface area contributed by atoms with E-state index in [0.29, 0.717) is 16.7 Å². The van der Waals surface area contributed by atoms with Gasteiger partial charge in [-0.3, -0.25) is 0 Å². The van der Waals surface area contributed by atoms with Crippen molar-refractivity contribution in [1.29, 1.82) is 0 Å². The fourth-order valence-corrected chi connectivity index (χ4v) is 6.27. The number of rotatable bonds is 6. The maximum atomic E-state index is 14.7. The summed E-state index contributed by atoms with van der Waals surface area (Å²) in [6, 6.07) is 15.8. The Balaban J connectivity index is 1.70. The largest absolute Gasteiger partial charge is 0.490 e. The van der Waals surface area contributed by atoms with Crippen LogP contribution in [0.3, 0.4) is 0 Å². The molecule has 0 saturated carbocycles. The zero-order valence-electron chi connectivity index (χ0n) is 22.1. The summed E-state index contributed by atoms with van der Waals surface area (Å²) in [6.45, 7) is 4.73. The zero-order valence-corrected chi connectivity index (χ0v) is 22.9. The number of aliphatic hydroxyl groups excluding tert-OH is 2. The number of ether oxygens (including phenoxy) is 2. The van der Waals surface area contributed by atoms with Crippen LogP contribution in [0.25, 0.3) is 22.2 Å². The highest BCUT2D eigenvalue weighted by atomic mass is 32.2. The third kappa shape index (κ3) is 5.15. The van der Waals surface area contributed by atoms with Crippen molar-refractivity contribution in [3.8, 4) is 17.0 Å². The van der Waals surface area contributed by atoms with Crippen molar-refractivity contribution in [3.63, 3.8) is 0 Å². The van der Waals surface area contributed by atoms with Crippen LogP contribution in [-0.2, 0) is 14.8 Å². The normalized spacial score (nSPS) is 15.9. The van der Waals surface area contributed by atoms with Crippen LogP contribution in [0.15, 0.2) is 71.6 Å². The van der Waals surface area contributed by atoms with E-state index in [0.717, 1.165) is 16.1 Å². The summed E-state index contributed by atoms with van der Waals surface area (Å²) < 4.78 is 55.1. The van der Waals surface area contributed by atoms with E-state index in [1.165, 1.54) is 18.2 Å². The Hall–Kier alpha value is -3.93. The van der Waals surface area contributed by atoms with Crippen LogP contribution in [0.1, 0.15) is 44.0 Å². The number of nitrogens with one attached hydrogen (secondary N) is 1. The Bertz CT molecular complexity index is 1700. The summed E-state index contributed by atoms with van der Waals surface area (Å²) >= 11 is 0. The van der Waals surface area contributed by atoms with Crippen molar-refractivity contribution < 1.29 is 37.3 Å². The number of hydrogen-bond acceptors (Lipinski definition) is 7. The molecular weight excluding hydrogens is 539 g/mol. The molecule has 2 atom stereocenters. The van der Waals surface area contributed by atoms with Gasteiger partial charge in [-0.05, 0) is 68.8 Å². The maximum Gasteiger partial charge on any atom is 0.408 e. The van der Waals surface area contributed by atoms with Crippen LogP contribution >= 0.6 is 0 Å². The van der Waals surface area contributed by atoms with Gasteiger partial charge in [0.25, 0.3) is 10.0 Å². The molecule has 1 unspecified atom stereocenters. The third-order valence-corrected chi connectivity index (χ3v) is 8.18. The number of fused-ring (bicyclic) bond motifs is 3. The smallest absolute Gasteiger partial charge is 0.408 e. The Kier molecular flexibility index (Phi) is 7.07. The van der Waals surface area contributed by atoms with Crippen LogP contribution < -0.4 is 10.1 Å². The first kappa shape index (κ1) is 27.6. The van der Waals surface area contributed by atoms with Gasteiger partial charge in [0.1, 0.15) is 29.9 Å². The number of hydrogen-bond donors (Lipinski definition) is 3. The summed E-state index contributed by atoms with van der Waals surface area (Å²) in [7, 11) is -4.19. The molecule has 0 bridgehead atoms. The van der Waals surface area contributed by atoms with Gasteiger partial charge in [0.2, 0.25) is 0 Å². The molecule has 1 aromatic heterocycles. The lowest BCUT2D eigenvalue weighted by Gasteiger charge is -2.21. The van der Waals surface area contributed by atoms with Crippen molar-refractivity contribution in [2.75, 3.05) is 13.2 Å². The molecule has 11 heteroatoms. The van der Waals surface area contributed by atoms with E-state index in [-0.39, 0.29) is 33.8 Å². The quantitative estimate of drug-likeness (QED) is 0.309. The van der Waals surface area contributed by atoms with Crippen LogP contribution in [-0.4, -0.2) is 47.5 Å². The van der Waals surface area contributed by atoms with Gasteiger partial charge in [0.15, 0.2) is 0 Å². The van der Waals surface area contributed by atoms with Gasteiger partial charge < -0.3 is 25.0 Å². The van der Waals surface area contributed by atoms with E-state index in [4.69, 9.17) is 9.47 Å². The number of carbonyl (C=O) groups excluding carboxylic acids is 1. The Morgan fingerprint density at radius 2 is 1.88 bits per heavy atom. The Morgan fingerprint density at radius 3 is 2.55 bits per heavy atom. The molecule has 0 radical (unpaired) electrons. The molecule has 0 saturated heterocycles. The zero-order chi connectivity index (χ0) is 28.8. The first-order chi connectivity index (χ1) is 18.9. The highest BCUT2D eigenvalue weighted by Gasteiger charge is 2.32. The van der Waals surface area contributed by atoms with E-state index in [9.17, 15) is 27.8 Å². The molecule has 5 rings (SSSR count). The minimum Gasteiger partial charge on any atom is -0.490 e. The Labute approximate surface area is 230 Å². The lowest BCUT2D eigenvalue weighted by molar-refractivity contribution is 0.0497. The minimum absolute atomic E-state index is 0.0201. The molecule has 1 aliphatic heterocycles. The summed E-state index contributed by atoms with van der Waals surface area (Å²) in [6.07, 6.45) is -1.97. The van der Waals surface area contributed by atoms with E-state index < -0.39 is 46.3 Å². The molecule has 1 aliphatic rings. The van der Waals surface area contributed by atoms with Gasteiger partial charge in [-0.15, -0.1) is 0 Å². The maximum absolute atomic E-state index is 14.7. The number of halogens is 1. The average molecular weight is 569 g/mol. The number of nitrogens with zero attached hydrogens (tertiary/aromatic N) is 1. The molecule has 0 aliphatic carbocycles. The van der Waals surface area contributed by atoms with E-state index in [1.807, 2.05) is 0 Å². The van der Waals surface area contributed by atoms with Crippen LogP contribution in [0.4, 0.5) is 9.18 Å².